The number of pyridine rings is 1. The van der Waals surface area contributed by atoms with Crippen LogP contribution in [0.1, 0.15) is 0 Å². The number of hydrogen-bond acceptors (Lipinski definition) is 8. The van der Waals surface area contributed by atoms with Gasteiger partial charge in [0.1, 0.15) is 5.82 Å². The number of piperazine rings is 1. The molecule has 152 valence electrons. The van der Waals surface area contributed by atoms with Gasteiger partial charge in [0.25, 0.3) is 0 Å². The SMILES string of the molecule is CN1CCN(c2ccc([N+](=O)[O-])c(NCCSc3nc4ccccc4[nH]3)n2)CC1. The summed E-state index contributed by atoms with van der Waals surface area (Å²) in [5, 5.41) is 15.4. The molecule has 4 rings (SSSR count). The molecule has 10 heteroatoms. The quantitative estimate of drug-likeness (QED) is 0.264. The highest BCUT2D eigenvalue weighted by atomic mass is 32.2. The molecule has 3 aromatic rings. The van der Waals surface area contributed by atoms with E-state index in [0.717, 1.165) is 48.2 Å². The number of hydrogen-bond donors (Lipinski definition) is 2. The molecule has 29 heavy (non-hydrogen) atoms. The second-order valence-corrected chi connectivity index (χ2v) is 8.00. The minimum absolute atomic E-state index is 0.00313. The summed E-state index contributed by atoms with van der Waals surface area (Å²) in [6.07, 6.45) is 0. The fourth-order valence-electron chi connectivity index (χ4n) is 3.25. The highest BCUT2D eigenvalue weighted by Gasteiger charge is 2.20. The van der Waals surface area contributed by atoms with Crippen LogP contribution in [0.25, 0.3) is 11.0 Å². The Morgan fingerprint density at radius 3 is 2.72 bits per heavy atom. The van der Waals surface area contributed by atoms with Crippen LogP contribution in [0.2, 0.25) is 0 Å². The number of H-pyrrole nitrogens is 1. The van der Waals surface area contributed by atoms with Crippen LogP contribution < -0.4 is 10.2 Å². The van der Waals surface area contributed by atoms with Crippen LogP contribution in [0.5, 0.6) is 0 Å². The van der Waals surface area contributed by atoms with E-state index in [0.29, 0.717) is 18.1 Å². The molecule has 9 nitrogen and oxygen atoms in total. The van der Waals surface area contributed by atoms with Crippen LogP contribution in [0.15, 0.2) is 41.6 Å². The number of fused-ring (bicyclic) bond motifs is 1. The van der Waals surface area contributed by atoms with Gasteiger partial charge in [0, 0.05) is 44.5 Å². The van der Waals surface area contributed by atoms with Crippen molar-refractivity contribution < 1.29 is 4.92 Å². The molecule has 0 spiro atoms. The minimum Gasteiger partial charge on any atom is -0.363 e. The molecule has 0 aliphatic carbocycles. The number of aromatic amines is 1. The first kappa shape index (κ1) is 19.5. The Labute approximate surface area is 172 Å². The number of nitrogens with one attached hydrogen (secondary N) is 2. The van der Waals surface area contributed by atoms with Gasteiger partial charge in [-0.25, -0.2) is 9.97 Å². The zero-order valence-corrected chi connectivity index (χ0v) is 17.0. The number of benzene rings is 1. The first-order chi connectivity index (χ1) is 14.1. The van der Waals surface area contributed by atoms with Gasteiger partial charge < -0.3 is 20.1 Å². The van der Waals surface area contributed by atoms with Crippen LogP contribution in [-0.2, 0) is 0 Å². The lowest BCUT2D eigenvalue weighted by Crippen LogP contribution is -2.44. The summed E-state index contributed by atoms with van der Waals surface area (Å²) in [4.78, 5) is 27.8. The van der Waals surface area contributed by atoms with E-state index in [1.807, 2.05) is 24.3 Å². The summed E-state index contributed by atoms with van der Waals surface area (Å²) in [6, 6.07) is 11.1. The molecule has 0 bridgehead atoms. The van der Waals surface area contributed by atoms with Crippen molar-refractivity contribution in [3.63, 3.8) is 0 Å². The predicted octanol–water partition coefficient (Wildman–Crippen LogP) is 2.82. The number of likely N-dealkylation sites (N-methyl/N-ethyl adjacent to an activating group) is 1. The molecule has 0 radical (unpaired) electrons. The predicted molar refractivity (Wildman–Crippen MR) is 116 cm³/mol. The highest BCUT2D eigenvalue weighted by molar-refractivity contribution is 7.99. The second kappa shape index (κ2) is 8.66. The van der Waals surface area contributed by atoms with E-state index < -0.39 is 4.92 Å². The zero-order chi connectivity index (χ0) is 20.2. The number of aromatic nitrogens is 3. The molecule has 1 aromatic carbocycles. The Bertz CT molecular complexity index is 968. The van der Waals surface area contributed by atoms with Crippen molar-refractivity contribution in [1.29, 1.82) is 0 Å². The number of thioether (sulfide) groups is 1. The van der Waals surface area contributed by atoms with Crippen LogP contribution in [0.3, 0.4) is 0 Å². The molecule has 0 amide bonds. The van der Waals surface area contributed by atoms with Crippen molar-refractivity contribution in [2.24, 2.45) is 0 Å². The van der Waals surface area contributed by atoms with E-state index in [4.69, 9.17) is 0 Å². The third kappa shape index (κ3) is 4.60. The summed E-state index contributed by atoms with van der Waals surface area (Å²) in [5.74, 6) is 1.80. The molecule has 2 aromatic heterocycles. The largest absolute Gasteiger partial charge is 0.363 e. The van der Waals surface area contributed by atoms with Gasteiger partial charge in [-0.2, -0.15) is 0 Å². The molecule has 1 saturated heterocycles. The molecule has 2 N–H and O–H groups in total. The molecule has 3 heterocycles. The maximum Gasteiger partial charge on any atom is 0.311 e. The van der Waals surface area contributed by atoms with Gasteiger partial charge in [-0.05, 0) is 25.2 Å². The van der Waals surface area contributed by atoms with E-state index >= 15 is 0 Å². The number of nitrogens with zero attached hydrogens (tertiary/aromatic N) is 5. The van der Waals surface area contributed by atoms with Gasteiger partial charge in [-0.3, -0.25) is 10.1 Å². The Kier molecular flexibility index (Phi) is 5.81. The Balaban J connectivity index is 1.39. The van der Waals surface area contributed by atoms with Crippen molar-refractivity contribution in [2.45, 2.75) is 5.16 Å². The topological polar surface area (TPSA) is 103 Å². The first-order valence-corrected chi connectivity index (χ1v) is 10.5. The molecule has 0 atom stereocenters. The molecule has 1 aliphatic rings. The first-order valence-electron chi connectivity index (χ1n) is 9.50. The van der Waals surface area contributed by atoms with Crippen molar-refractivity contribution in [1.82, 2.24) is 19.9 Å². The summed E-state index contributed by atoms with van der Waals surface area (Å²) in [5.41, 5.74) is 1.93. The monoisotopic (exact) mass is 413 g/mol. The molecule has 1 aliphatic heterocycles. The number of nitro groups is 1. The van der Waals surface area contributed by atoms with E-state index in [-0.39, 0.29) is 5.69 Å². The summed E-state index contributed by atoms with van der Waals surface area (Å²) in [7, 11) is 2.09. The fraction of sp³-hybridized carbons (Fsp3) is 0.368. The molecule has 0 saturated carbocycles. The van der Waals surface area contributed by atoms with Crippen LogP contribution in [-0.4, -0.2) is 70.3 Å². The minimum atomic E-state index is -0.393. The lowest BCUT2D eigenvalue weighted by molar-refractivity contribution is -0.384. The second-order valence-electron chi connectivity index (χ2n) is 6.92. The van der Waals surface area contributed by atoms with Gasteiger partial charge >= 0.3 is 5.69 Å². The average Bonchev–Trinajstić information content (AvgIpc) is 3.14. The van der Waals surface area contributed by atoms with E-state index in [2.05, 4.69) is 37.1 Å². The van der Waals surface area contributed by atoms with Gasteiger partial charge in [-0.15, -0.1) is 0 Å². The average molecular weight is 414 g/mol. The smallest absolute Gasteiger partial charge is 0.311 e. The van der Waals surface area contributed by atoms with Gasteiger partial charge in [0.05, 0.1) is 16.0 Å². The van der Waals surface area contributed by atoms with Crippen molar-refractivity contribution in [3.05, 3.63) is 46.5 Å². The molecular weight excluding hydrogens is 390 g/mol. The number of rotatable bonds is 7. The third-order valence-electron chi connectivity index (χ3n) is 4.88. The van der Waals surface area contributed by atoms with E-state index in [1.165, 1.54) is 6.07 Å². The Morgan fingerprint density at radius 1 is 1.17 bits per heavy atom. The Morgan fingerprint density at radius 2 is 1.97 bits per heavy atom. The molecule has 1 fully saturated rings. The third-order valence-corrected chi connectivity index (χ3v) is 5.76. The summed E-state index contributed by atoms with van der Waals surface area (Å²) in [6.45, 7) is 4.18. The maximum absolute atomic E-state index is 11.4. The van der Waals surface area contributed by atoms with Crippen LogP contribution >= 0.6 is 11.8 Å². The maximum atomic E-state index is 11.4. The number of imidazole rings is 1. The summed E-state index contributed by atoms with van der Waals surface area (Å²) < 4.78 is 0. The van der Waals surface area contributed by atoms with Crippen LogP contribution in [0.4, 0.5) is 17.3 Å². The lowest BCUT2D eigenvalue weighted by Gasteiger charge is -2.33. The fourth-order valence-corrected chi connectivity index (χ4v) is 3.99. The normalized spacial score (nSPS) is 15.0. The Hall–Kier alpha value is -2.85. The highest BCUT2D eigenvalue weighted by Crippen LogP contribution is 2.26. The summed E-state index contributed by atoms with van der Waals surface area (Å²) >= 11 is 1.57. The van der Waals surface area contributed by atoms with E-state index in [1.54, 1.807) is 17.8 Å². The zero-order valence-electron chi connectivity index (χ0n) is 16.2. The van der Waals surface area contributed by atoms with Gasteiger partial charge in [0.15, 0.2) is 5.16 Å². The molecular formula is C19H23N7O2S. The van der Waals surface area contributed by atoms with Crippen molar-refractivity contribution in [2.75, 3.05) is 55.7 Å². The number of anilines is 2. The number of para-hydroxylation sites is 2. The molecule has 0 unspecified atom stereocenters. The van der Waals surface area contributed by atoms with Crippen molar-refractivity contribution >= 4 is 40.1 Å². The standard InChI is InChI=1S/C19H23N7O2S/c1-24-9-11-25(12-10-24)17-7-6-16(26(27)28)18(23-17)20-8-13-29-19-21-14-4-2-3-5-15(14)22-19/h2-7H,8-13H2,1H3,(H,20,23)(H,21,22). The van der Waals surface area contributed by atoms with Gasteiger partial charge in [-0.1, -0.05) is 23.9 Å². The van der Waals surface area contributed by atoms with Crippen molar-refractivity contribution in [3.8, 4) is 0 Å². The van der Waals surface area contributed by atoms with E-state index in [9.17, 15) is 10.1 Å². The van der Waals surface area contributed by atoms with Crippen LogP contribution in [0, 0.1) is 10.1 Å². The van der Waals surface area contributed by atoms with Gasteiger partial charge in [0.2, 0.25) is 5.82 Å². The lowest BCUT2D eigenvalue weighted by atomic mass is 10.3.